The average molecular weight is 294 g/mol. The van der Waals surface area contributed by atoms with Crippen LogP contribution in [-0.4, -0.2) is 39.1 Å². The second-order valence-corrected chi connectivity index (χ2v) is 6.01. The molecule has 0 radical (unpaired) electrons. The minimum atomic E-state index is -1.01. The zero-order valence-electron chi connectivity index (χ0n) is 11.4. The molecule has 2 fully saturated rings. The highest BCUT2D eigenvalue weighted by Crippen LogP contribution is 2.36. The molecule has 1 amide bonds. The van der Waals surface area contributed by atoms with Crippen molar-refractivity contribution in [1.82, 2.24) is 15.3 Å². The van der Waals surface area contributed by atoms with Crippen LogP contribution >= 0.6 is 11.8 Å². The lowest BCUT2D eigenvalue weighted by Crippen LogP contribution is -2.48. The first kappa shape index (κ1) is 13.8. The predicted octanol–water partition coefficient (Wildman–Crippen LogP) is 1.11. The number of carbonyl (C=O) groups is 1. The van der Waals surface area contributed by atoms with Gasteiger partial charge in [0.1, 0.15) is 11.4 Å². The first-order valence-electron chi connectivity index (χ1n) is 6.83. The molecule has 1 saturated heterocycles. The van der Waals surface area contributed by atoms with E-state index in [1.54, 1.807) is 12.3 Å². The fourth-order valence-corrected chi connectivity index (χ4v) is 3.37. The highest BCUT2D eigenvalue weighted by atomic mass is 32.2. The highest BCUT2D eigenvalue weighted by molar-refractivity contribution is 7.98. The third-order valence-electron chi connectivity index (χ3n) is 4.03. The molecule has 1 aliphatic carbocycles. The molecular weight excluding hydrogens is 276 g/mol. The lowest BCUT2D eigenvalue weighted by molar-refractivity contribution is -0.123. The Bertz CT molecular complexity index is 519. The number of hydrogen-bond donors (Lipinski definition) is 2. The lowest BCUT2D eigenvalue weighted by atomic mass is 9.82. The van der Waals surface area contributed by atoms with E-state index >= 15 is 0 Å². The molecule has 2 aliphatic rings. The van der Waals surface area contributed by atoms with Crippen LogP contribution in [0.25, 0.3) is 0 Å². The van der Waals surface area contributed by atoms with E-state index in [0.717, 1.165) is 32.1 Å². The van der Waals surface area contributed by atoms with E-state index in [2.05, 4.69) is 15.3 Å². The largest absolute Gasteiger partial charge is 0.360 e. The van der Waals surface area contributed by atoms with Gasteiger partial charge in [0.2, 0.25) is 0 Å². The number of rotatable bonds is 2. The molecule has 108 valence electrons. The Hall–Kier alpha value is -1.18. The van der Waals surface area contributed by atoms with Crippen LogP contribution < -0.4 is 10.2 Å². The van der Waals surface area contributed by atoms with Gasteiger partial charge in [-0.25, -0.2) is 9.97 Å². The smallest absolute Gasteiger partial charge is 0.251 e. The zero-order chi connectivity index (χ0) is 14.2. The molecule has 1 unspecified atom stereocenters. The molecule has 2 N–H and O–H groups in total. The van der Waals surface area contributed by atoms with Gasteiger partial charge in [-0.05, 0) is 25.2 Å². The second-order valence-electron chi connectivity index (χ2n) is 5.24. The third-order valence-corrected chi connectivity index (χ3v) is 4.60. The molecule has 0 bridgehead atoms. The molecule has 7 heteroatoms. The van der Waals surface area contributed by atoms with Crippen LogP contribution in [0.3, 0.4) is 0 Å². The Morgan fingerprint density at radius 1 is 1.45 bits per heavy atom. The Balaban J connectivity index is 1.91. The van der Waals surface area contributed by atoms with Crippen LogP contribution in [0.4, 0.5) is 5.82 Å². The van der Waals surface area contributed by atoms with Gasteiger partial charge in [0.05, 0.1) is 0 Å². The standard InChI is InChI=1S/C13H18N4O2S/c1-20-11-14-8-5-9(15-11)17-10(18)13(16-12(17)19)6-3-2-4-7-13/h5,8,12,16,19H,2-4,6-7H2,1H3. The first-order chi connectivity index (χ1) is 9.66. The summed E-state index contributed by atoms with van der Waals surface area (Å²) in [5.41, 5.74) is -0.609. The van der Waals surface area contributed by atoms with E-state index in [1.807, 2.05) is 6.26 Å². The Morgan fingerprint density at radius 3 is 2.90 bits per heavy atom. The molecule has 20 heavy (non-hydrogen) atoms. The van der Waals surface area contributed by atoms with E-state index in [4.69, 9.17) is 0 Å². The quantitative estimate of drug-likeness (QED) is 0.628. The molecule has 1 aliphatic heterocycles. The zero-order valence-corrected chi connectivity index (χ0v) is 12.2. The predicted molar refractivity (Wildman–Crippen MR) is 76.3 cm³/mol. The van der Waals surface area contributed by atoms with Gasteiger partial charge in [-0.15, -0.1) is 0 Å². The second kappa shape index (κ2) is 5.31. The van der Waals surface area contributed by atoms with E-state index in [-0.39, 0.29) is 5.91 Å². The maximum atomic E-state index is 12.7. The summed E-state index contributed by atoms with van der Waals surface area (Å²) in [4.78, 5) is 22.5. The van der Waals surface area contributed by atoms with Gasteiger partial charge in [-0.2, -0.15) is 0 Å². The van der Waals surface area contributed by atoms with Crippen molar-refractivity contribution in [2.75, 3.05) is 11.2 Å². The summed E-state index contributed by atoms with van der Waals surface area (Å²) in [6, 6.07) is 1.66. The van der Waals surface area contributed by atoms with Gasteiger partial charge < -0.3 is 5.11 Å². The van der Waals surface area contributed by atoms with Crippen molar-refractivity contribution in [2.45, 2.75) is 49.2 Å². The number of nitrogens with zero attached hydrogens (tertiary/aromatic N) is 3. The number of anilines is 1. The maximum Gasteiger partial charge on any atom is 0.251 e. The molecule has 1 aromatic rings. The van der Waals surface area contributed by atoms with Gasteiger partial charge in [0, 0.05) is 6.20 Å². The first-order valence-corrected chi connectivity index (χ1v) is 8.05. The Morgan fingerprint density at radius 2 is 2.20 bits per heavy atom. The number of thioether (sulfide) groups is 1. The maximum absolute atomic E-state index is 12.7. The summed E-state index contributed by atoms with van der Waals surface area (Å²) in [6.07, 6.45) is 7.21. The summed E-state index contributed by atoms with van der Waals surface area (Å²) < 4.78 is 0. The molecule has 1 aromatic heterocycles. The van der Waals surface area contributed by atoms with Gasteiger partial charge in [0.25, 0.3) is 5.91 Å². The SMILES string of the molecule is CSc1nccc(N2C(=O)C3(CCCCC3)NC2O)n1. The summed E-state index contributed by atoms with van der Waals surface area (Å²) in [6.45, 7) is 0. The van der Waals surface area contributed by atoms with Crippen molar-refractivity contribution in [3.8, 4) is 0 Å². The minimum absolute atomic E-state index is 0.0737. The summed E-state index contributed by atoms with van der Waals surface area (Å²) in [7, 11) is 0. The number of nitrogens with one attached hydrogen (secondary N) is 1. The Kier molecular flexibility index (Phi) is 3.66. The van der Waals surface area contributed by atoms with Gasteiger partial charge in [-0.3, -0.25) is 15.0 Å². The molecular formula is C13H18N4O2S. The van der Waals surface area contributed by atoms with Crippen molar-refractivity contribution < 1.29 is 9.90 Å². The molecule has 0 aromatic carbocycles. The van der Waals surface area contributed by atoms with Crippen LogP contribution in [0.2, 0.25) is 0 Å². The highest BCUT2D eigenvalue weighted by Gasteiger charge is 2.51. The van der Waals surface area contributed by atoms with E-state index in [0.29, 0.717) is 11.0 Å². The number of carbonyl (C=O) groups excluding carboxylic acids is 1. The fourth-order valence-electron chi connectivity index (χ4n) is 3.02. The minimum Gasteiger partial charge on any atom is -0.360 e. The number of aromatic nitrogens is 2. The van der Waals surface area contributed by atoms with Gasteiger partial charge in [-0.1, -0.05) is 31.0 Å². The van der Waals surface area contributed by atoms with Crippen LogP contribution in [-0.2, 0) is 4.79 Å². The van der Waals surface area contributed by atoms with Crippen LogP contribution in [0.5, 0.6) is 0 Å². The van der Waals surface area contributed by atoms with Crippen molar-refractivity contribution in [3.63, 3.8) is 0 Å². The van der Waals surface area contributed by atoms with Crippen molar-refractivity contribution in [3.05, 3.63) is 12.3 Å². The number of aliphatic hydroxyl groups excluding tert-OH is 1. The molecule has 3 rings (SSSR count). The number of aliphatic hydroxyl groups is 1. The third kappa shape index (κ3) is 2.19. The molecule has 1 spiro atoms. The van der Waals surface area contributed by atoms with Crippen molar-refractivity contribution >= 4 is 23.5 Å². The molecule has 2 heterocycles. The van der Waals surface area contributed by atoms with Gasteiger partial charge >= 0.3 is 0 Å². The molecule has 1 saturated carbocycles. The monoisotopic (exact) mass is 294 g/mol. The Labute approximate surface area is 122 Å². The lowest BCUT2D eigenvalue weighted by Gasteiger charge is -2.30. The van der Waals surface area contributed by atoms with Crippen LogP contribution in [0, 0.1) is 0 Å². The van der Waals surface area contributed by atoms with E-state index in [1.165, 1.54) is 16.7 Å². The molecule has 1 atom stereocenters. The summed E-state index contributed by atoms with van der Waals surface area (Å²) in [5, 5.41) is 13.9. The summed E-state index contributed by atoms with van der Waals surface area (Å²) >= 11 is 1.41. The number of hydrogen-bond acceptors (Lipinski definition) is 6. The van der Waals surface area contributed by atoms with Crippen molar-refractivity contribution in [2.24, 2.45) is 0 Å². The molecule has 6 nitrogen and oxygen atoms in total. The van der Waals surface area contributed by atoms with Crippen molar-refractivity contribution in [1.29, 1.82) is 0 Å². The summed E-state index contributed by atoms with van der Waals surface area (Å²) in [5.74, 6) is 0.382. The number of amides is 1. The fraction of sp³-hybridized carbons (Fsp3) is 0.615. The normalized spacial score (nSPS) is 25.4. The van der Waals surface area contributed by atoms with E-state index in [9.17, 15) is 9.90 Å². The van der Waals surface area contributed by atoms with Crippen LogP contribution in [0.15, 0.2) is 17.4 Å². The van der Waals surface area contributed by atoms with Gasteiger partial charge in [0.15, 0.2) is 11.5 Å². The van der Waals surface area contributed by atoms with Crippen LogP contribution in [0.1, 0.15) is 32.1 Å². The van der Waals surface area contributed by atoms with E-state index < -0.39 is 11.9 Å². The topological polar surface area (TPSA) is 78.4 Å². The average Bonchev–Trinajstić information content (AvgIpc) is 2.71.